The molecule has 0 aliphatic carbocycles. The number of anilines is 1. The van der Waals surface area contributed by atoms with Crippen molar-refractivity contribution in [2.45, 2.75) is 6.42 Å². The molecule has 1 saturated heterocycles. The maximum atomic E-state index is 12.8. The largest absolute Gasteiger partial charge is 0.497 e. The van der Waals surface area contributed by atoms with Gasteiger partial charge in [0.15, 0.2) is 0 Å². The normalized spacial score (nSPS) is 14.9. The van der Waals surface area contributed by atoms with E-state index in [-0.39, 0.29) is 5.91 Å². The lowest BCUT2D eigenvalue weighted by atomic mass is 10.2. The Labute approximate surface area is 157 Å². The Morgan fingerprint density at radius 1 is 1.04 bits per heavy atom. The van der Waals surface area contributed by atoms with Crippen LogP contribution in [0.4, 0.5) is 5.82 Å². The maximum Gasteiger partial charge on any atom is 0.272 e. The number of fused-ring (bicyclic) bond motifs is 1. The molecule has 1 aliphatic rings. The molecule has 138 valence electrons. The van der Waals surface area contributed by atoms with Gasteiger partial charge in [-0.15, -0.1) is 0 Å². The summed E-state index contributed by atoms with van der Waals surface area (Å²) in [5.74, 6) is 1.50. The van der Waals surface area contributed by atoms with Gasteiger partial charge in [-0.05, 0) is 24.6 Å². The number of ether oxygens (including phenoxy) is 1. The number of aromatic nitrogens is 3. The van der Waals surface area contributed by atoms with Crippen molar-refractivity contribution < 1.29 is 9.53 Å². The molecule has 1 aliphatic heterocycles. The number of hydrogen-bond donors (Lipinski definition) is 0. The lowest BCUT2D eigenvalue weighted by molar-refractivity contribution is 0.0760. The first-order chi connectivity index (χ1) is 13.3. The molecule has 1 amide bonds. The molecule has 7 heteroatoms. The zero-order chi connectivity index (χ0) is 18.6. The lowest BCUT2D eigenvalue weighted by Crippen LogP contribution is -2.35. The Hall–Kier alpha value is -3.22. The first kappa shape index (κ1) is 17.2. The number of methoxy groups -OCH3 is 1. The molecule has 3 heterocycles. The molecule has 2 aromatic heterocycles. The molecule has 0 bridgehead atoms. The smallest absolute Gasteiger partial charge is 0.272 e. The van der Waals surface area contributed by atoms with E-state index in [1.807, 2.05) is 29.2 Å². The molecule has 4 rings (SSSR count). The summed E-state index contributed by atoms with van der Waals surface area (Å²) < 4.78 is 5.20. The Bertz CT molecular complexity index is 957. The van der Waals surface area contributed by atoms with Gasteiger partial charge >= 0.3 is 0 Å². The first-order valence-corrected chi connectivity index (χ1v) is 9.00. The van der Waals surface area contributed by atoms with Crippen molar-refractivity contribution in [3.8, 4) is 5.75 Å². The number of para-hydroxylation sites is 1. The predicted octanol–water partition coefficient (Wildman–Crippen LogP) is 2.39. The predicted molar refractivity (Wildman–Crippen MR) is 103 cm³/mol. The van der Waals surface area contributed by atoms with E-state index in [0.717, 1.165) is 36.2 Å². The minimum Gasteiger partial charge on any atom is -0.497 e. The number of carbonyl (C=O) groups excluding carboxylic acids is 1. The Morgan fingerprint density at radius 2 is 1.93 bits per heavy atom. The monoisotopic (exact) mass is 363 g/mol. The second-order valence-corrected chi connectivity index (χ2v) is 6.43. The molecule has 0 radical (unpaired) electrons. The summed E-state index contributed by atoms with van der Waals surface area (Å²) in [7, 11) is 1.58. The summed E-state index contributed by atoms with van der Waals surface area (Å²) in [6, 6.07) is 11.4. The molecular formula is C20H21N5O2. The third-order valence-corrected chi connectivity index (χ3v) is 4.79. The standard InChI is InChI=1S/C20H21N5O2/c1-27-15-7-8-21-18(13-15)20(26)25-10-4-9-24(11-12-25)19-16-5-2-3-6-17(16)22-14-23-19/h2-3,5-8,13-14H,4,9-12H2,1H3. The number of benzene rings is 1. The third-order valence-electron chi connectivity index (χ3n) is 4.79. The van der Waals surface area contributed by atoms with Crippen molar-refractivity contribution >= 4 is 22.6 Å². The lowest BCUT2D eigenvalue weighted by Gasteiger charge is -2.23. The SMILES string of the molecule is COc1ccnc(C(=O)N2CCCN(c3ncnc4ccccc34)CC2)c1. The van der Waals surface area contributed by atoms with E-state index >= 15 is 0 Å². The maximum absolute atomic E-state index is 12.8. The van der Waals surface area contributed by atoms with Crippen LogP contribution in [-0.4, -0.2) is 59.0 Å². The molecule has 1 aromatic carbocycles. The number of pyridine rings is 1. The minimum absolute atomic E-state index is 0.0664. The van der Waals surface area contributed by atoms with Crippen molar-refractivity contribution in [2.75, 3.05) is 38.2 Å². The fourth-order valence-corrected chi connectivity index (χ4v) is 3.39. The number of carbonyl (C=O) groups is 1. The second-order valence-electron chi connectivity index (χ2n) is 6.43. The highest BCUT2D eigenvalue weighted by atomic mass is 16.5. The van der Waals surface area contributed by atoms with E-state index in [2.05, 4.69) is 19.9 Å². The second kappa shape index (κ2) is 7.57. The number of rotatable bonds is 3. The summed E-state index contributed by atoms with van der Waals surface area (Å²) >= 11 is 0. The van der Waals surface area contributed by atoms with Gasteiger partial charge in [-0.1, -0.05) is 12.1 Å². The van der Waals surface area contributed by atoms with Gasteiger partial charge in [0, 0.05) is 43.8 Å². The van der Waals surface area contributed by atoms with Crippen LogP contribution in [0.1, 0.15) is 16.9 Å². The van der Waals surface area contributed by atoms with Crippen molar-refractivity contribution in [3.63, 3.8) is 0 Å². The van der Waals surface area contributed by atoms with Crippen LogP contribution < -0.4 is 9.64 Å². The molecule has 0 N–H and O–H groups in total. The molecule has 0 unspecified atom stereocenters. The molecule has 7 nitrogen and oxygen atoms in total. The van der Waals surface area contributed by atoms with Crippen molar-refractivity contribution in [1.82, 2.24) is 19.9 Å². The van der Waals surface area contributed by atoms with Gasteiger partial charge in [0.25, 0.3) is 5.91 Å². The van der Waals surface area contributed by atoms with Crippen LogP contribution in [0.15, 0.2) is 48.9 Å². The first-order valence-electron chi connectivity index (χ1n) is 9.00. The Kier molecular flexibility index (Phi) is 4.82. The third kappa shape index (κ3) is 3.53. The average Bonchev–Trinajstić information content (AvgIpc) is 2.99. The summed E-state index contributed by atoms with van der Waals surface area (Å²) in [5.41, 5.74) is 1.34. The minimum atomic E-state index is -0.0664. The molecule has 27 heavy (non-hydrogen) atoms. The molecule has 1 fully saturated rings. The van der Waals surface area contributed by atoms with E-state index < -0.39 is 0 Å². The van der Waals surface area contributed by atoms with Crippen molar-refractivity contribution in [3.05, 3.63) is 54.6 Å². The van der Waals surface area contributed by atoms with Gasteiger partial charge < -0.3 is 14.5 Å². The quantitative estimate of drug-likeness (QED) is 0.712. The summed E-state index contributed by atoms with van der Waals surface area (Å²) in [6.07, 6.45) is 4.07. The Balaban J connectivity index is 1.53. The zero-order valence-electron chi connectivity index (χ0n) is 15.2. The van der Waals surface area contributed by atoms with Gasteiger partial charge in [-0.25, -0.2) is 9.97 Å². The van der Waals surface area contributed by atoms with Crippen LogP contribution in [0.3, 0.4) is 0 Å². The number of nitrogens with zero attached hydrogens (tertiary/aromatic N) is 5. The summed E-state index contributed by atoms with van der Waals surface area (Å²) in [4.78, 5) is 30.0. The van der Waals surface area contributed by atoms with Gasteiger partial charge in [0.1, 0.15) is 23.6 Å². The molecule has 0 atom stereocenters. The van der Waals surface area contributed by atoms with Crippen LogP contribution in [-0.2, 0) is 0 Å². The van der Waals surface area contributed by atoms with Crippen LogP contribution in [0.25, 0.3) is 10.9 Å². The highest BCUT2D eigenvalue weighted by Gasteiger charge is 2.23. The van der Waals surface area contributed by atoms with Gasteiger partial charge in [0.05, 0.1) is 12.6 Å². The molecule has 0 saturated carbocycles. The van der Waals surface area contributed by atoms with Gasteiger partial charge in [-0.2, -0.15) is 0 Å². The molecule has 3 aromatic rings. The van der Waals surface area contributed by atoms with E-state index in [4.69, 9.17) is 4.74 Å². The van der Waals surface area contributed by atoms with E-state index in [1.54, 1.807) is 31.8 Å². The topological polar surface area (TPSA) is 71.5 Å². The van der Waals surface area contributed by atoms with E-state index in [0.29, 0.717) is 24.5 Å². The van der Waals surface area contributed by atoms with Crippen molar-refractivity contribution in [1.29, 1.82) is 0 Å². The van der Waals surface area contributed by atoms with Gasteiger partial charge in [0.2, 0.25) is 0 Å². The van der Waals surface area contributed by atoms with Crippen LogP contribution in [0.5, 0.6) is 5.75 Å². The van der Waals surface area contributed by atoms with Crippen LogP contribution >= 0.6 is 0 Å². The highest BCUT2D eigenvalue weighted by Crippen LogP contribution is 2.24. The Morgan fingerprint density at radius 3 is 2.81 bits per heavy atom. The molecular weight excluding hydrogens is 342 g/mol. The number of amides is 1. The summed E-state index contributed by atoms with van der Waals surface area (Å²) in [6.45, 7) is 2.88. The van der Waals surface area contributed by atoms with Crippen molar-refractivity contribution in [2.24, 2.45) is 0 Å². The van der Waals surface area contributed by atoms with E-state index in [1.165, 1.54) is 0 Å². The van der Waals surface area contributed by atoms with Crippen LogP contribution in [0.2, 0.25) is 0 Å². The van der Waals surface area contributed by atoms with E-state index in [9.17, 15) is 4.79 Å². The zero-order valence-corrected chi connectivity index (χ0v) is 15.2. The molecule has 0 spiro atoms. The number of hydrogen-bond acceptors (Lipinski definition) is 6. The van der Waals surface area contributed by atoms with Crippen LogP contribution in [0, 0.1) is 0 Å². The van der Waals surface area contributed by atoms with Gasteiger partial charge in [-0.3, -0.25) is 9.78 Å². The fourth-order valence-electron chi connectivity index (χ4n) is 3.39. The highest BCUT2D eigenvalue weighted by molar-refractivity contribution is 5.93. The summed E-state index contributed by atoms with van der Waals surface area (Å²) in [5, 5.41) is 1.04. The fraction of sp³-hybridized carbons (Fsp3) is 0.300. The average molecular weight is 363 g/mol.